The van der Waals surface area contributed by atoms with E-state index >= 15 is 0 Å². The second-order valence-corrected chi connectivity index (χ2v) is 5.90. The number of esters is 1. The summed E-state index contributed by atoms with van der Waals surface area (Å²) in [5.41, 5.74) is -0.218. The molecule has 0 aliphatic carbocycles. The number of benzene rings is 2. The summed E-state index contributed by atoms with van der Waals surface area (Å²) >= 11 is 11.6. The molecule has 26 heavy (non-hydrogen) atoms. The van der Waals surface area contributed by atoms with Gasteiger partial charge in [0.25, 0.3) is 11.6 Å². The number of ether oxygens (including phenoxy) is 1. The van der Waals surface area contributed by atoms with Crippen molar-refractivity contribution in [2.45, 2.75) is 13.0 Å². The van der Waals surface area contributed by atoms with Gasteiger partial charge in [-0.25, -0.2) is 9.18 Å². The molecule has 2 rings (SSSR count). The van der Waals surface area contributed by atoms with Crippen molar-refractivity contribution in [1.82, 2.24) is 0 Å². The molecule has 7 nitrogen and oxygen atoms in total. The molecule has 2 aromatic carbocycles. The molecule has 0 aromatic heterocycles. The average Bonchev–Trinajstić information content (AvgIpc) is 2.56. The zero-order chi connectivity index (χ0) is 19.4. The molecule has 0 aliphatic rings. The summed E-state index contributed by atoms with van der Waals surface area (Å²) in [5, 5.41) is 12.9. The summed E-state index contributed by atoms with van der Waals surface area (Å²) < 4.78 is 18.0. The van der Waals surface area contributed by atoms with Gasteiger partial charge < -0.3 is 10.1 Å². The van der Waals surface area contributed by atoms with E-state index in [2.05, 4.69) is 5.32 Å². The van der Waals surface area contributed by atoms with Crippen molar-refractivity contribution in [3.05, 3.63) is 67.9 Å². The normalized spacial score (nSPS) is 11.5. The first-order chi connectivity index (χ1) is 12.2. The number of hydrogen-bond donors (Lipinski definition) is 1. The van der Waals surface area contributed by atoms with E-state index in [9.17, 15) is 24.1 Å². The van der Waals surface area contributed by atoms with Crippen LogP contribution in [-0.2, 0) is 9.53 Å². The van der Waals surface area contributed by atoms with Crippen molar-refractivity contribution >= 4 is 46.5 Å². The van der Waals surface area contributed by atoms with E-state index in [-0.39, 0.29) is 27.0 Å². The van der Waals surface area contributed by atoms with Crippen molar-refractivity contribution in [1.29, 1.82) is 0 Å². The predicted octanol–water partition coefficient (Wildman–Crippen LogP) is 4.22. The molecule has 0 heterocycles. The monoisotopic (exact) mass is 400 g/mol. The molecule has 0 saturated carbocycles. The number of hydrogen-bond acceptors (Lipinski definition) is 5. The molecule has 1 atom stereocenters. The van der Waals surface area contributed by atoms with Crippen LogP contribution in [0.15, 0.2) is 36.4 Å². The van der Waals surface area contributed by atoms with E-state index in [0.717, 1.165) is 30.3 Å². The average molecular weight is 401 g/mol. The Bertz CT molecular complexity index is 891. The van der Waals surface area contributed by atoms with E-state index in [1.807, 2.05) is 0 Å². The number of nitrogens with one attached hydrogen (secondary N) is 1. The summed E-state index contributed by atoms with van der Waals surface area (Å²) in [6.45, 7) is 1.31. The van der Waals surface area contributed by atoms with Crippen molar-refractivity contribution < 1.29 is 23.6 Å². The Morgan fingerprint density at radius 2 is 1.88 bits per heavy atom. The first-order valence-corrected chi connectivity index (χ1v) is 7.85. The molecule has 2 aromatic rings. The third-order valence-corrected chi connectivity index (χ3v) is 3.85. The molecule has 1 unspecified atom stereocenters. The van der Waals surface area contributed by atoms with E-state index in [0.29, 0.717) is 0 Å². The van der Waals surface area contributed by atoms with Gasteiger partial charge in [0, 0.05) is 12.1 Å². The Morgan fingerprint density at radius 3 is 2.46 bits per heavy atom. The number of carbonyl (C=O) groups excluding carboxylic acids is 2. The summed E-state index contributed by atoms with van der Waals surface area (Å²) in [4.78, 5) is 34.2. The zero-order valence-electron chi connectivity index (χ0n) is 13.2. The Labute approximate surface area is 156 Å². The minimum absolute atomic E-state index is 0.0485. The standard InChI is InChI=1S/C16H11Cl2FN2O5/c1-8(26-16(23)11-4-2-9(19)6-12(11)17)15(22)20-14-5-3-10(21(24)25)7-13(14)18/h2-8H,1H3,(H,20,22). The summed E-state index contributed by atoms with van der Waals surface area (Å²) in [6, 6.07) is 6.60. The lowest BCUT2D eigenvalue weighted by Crippen LogP contribution is -2.30. The Balaban J connectivity index is 2.05. The minimum atomic E-state index is -1.23. The van der Waals surface area contributed by atoms with Crippen LogP contribution < -0.4 is 5.32 Å². The maximum atomic E-state index is 13.0. The molecular formula is C16H11Cl2FN2O5. The first kappa shape index (κ1) is 19.6. The molecule has 0 bridgehead atoms. The highest BCUT2D eigenvalue weighted by Crippen LogP contribution is 2.27. The number of non-ortho nitro benzene ring substituents is 1. The van der Waals surface area contributed by atoms with Crippen molar-refractivity contribution in [2.24, 2.45) is 0 Å². The van der Waals surface area contributed by atoms with Crippen LogP contribution in [-0.4, -0.2) is 22.9 Å². The molecule has 0 spiro atoms. The number of nitrogens with zero attached hydrogens (tertiary/aromatic N) is 1. The van der Waals surface area contributed by atoms with Crippen LogP contribution >= 0.6 is 23.2 Å². The molecule has 1 N–H and O–H groups in total. The second-order valence-electron chi connectivity index (χ2n) is 5.08. The van der Waals surface area contributed by atoms with E-state index in [1.54, 1.807) is 0 Å². The van der Waals surface area contributed by atoms with E-state index in [1.165, 1.54) is 13.0 Å². The molecule has 136 valence electrons. The number of rotatable bonds is 5. The summed E-state index contributed by atoms with van der Waals surface area (Å²) in [6.07, 6.45) is -1.23. The lowest BCUT2D eigenvalue weighted by molar-refractivity contribution is -0.384. The quantitative estimate of drug-likeness (QED) is 0.460. The van der Waals surface area contributed by atoms with Gasteiger partial charge in [0.05, 0.1) is 26.2 Å². The minimum Gasteiger partial charge on any atom is -0.449 e. The number of nitro groups is 1. The van der Waals surface area contributed by atoms with Crippen molar-refractivity contribution in [3.8, 4) is 0 Å². The van der Waals surface area contributed by atoms with Gasteiger partial charge in [0.15, 0.2) is 6.10 Å². The summed E-state index contributed by atoms with van der Waals surface area (Å²) in [5.74, 6) is -2.25. The van der Waals surface area contributed by atoms with Crippen LogP contribution in [0.1, 0.15) is 17.3 Å². The van der Waals surface area contributed by atoms with Gasteiger partial charge in [0.1, 0.15) is 5.82 Å². The number of carbonyl (C=O) groups is 2. The lowest BCUT2D eigenvalue weighted by Gasteiger charge is -2.14. The Morgan fingerprint density at radius 1 is 1.19 bits per heavy atom. The maximum absolute atomic E-state index is 13.0. The van der Waals surface area contributed by atoms with Crippen LogP contribution in [0.2, 0.25) is 10.0 Å². The van der Waals surface area contributed by atoms with Gasteiger partial charge >= 0.3 is 5.97 Å². The van der Waals surface area contributed by atoms with E-state index < -0.39 is 28.7 Å². The topological polar surface area (TPSA) is 98.5 Å². The van der Waals surface area contributed by atoms with Crippen LogP contribution in [0.25, 0.3) is 0 Å². The number of amides is 1. The highest BCUT2D eigenvalue weighted by molar-refractivity contribution is 6.34. The fraction of sp³-hybridized carbons (Fsp3) is 0.125. The van der Waals surface area contributed by atoms with Crippen molar-refractivity contribution in [2.75, 3.05) is 5.32 Å². The van der Waals surface area contributed by atoms with Gasteiger partial charge in [-0.1, -0.05) is 23.2 Å². The fourth-order valence-electron chi connectivity index (χ4n) is 1.89. The first-order valence-electron chi connectivity index (χ1n) is 7.10. The van der Waals surface area contributed by atoms with Gasteiger partial charge in [-0.3, -0.25) is 14.9 Å². The predicted molar refractivity (Wildman–Crippen MR) is 93.0 cm³/mol. The molecule has 0 fully saturated rings. The molecule has 0 saturated heterocycles. The maximum Gasteiger partial charge on any atom is 0.340 e. The van der Waals surface area contributed by atoms with Crippen molar-refractivity contribution in [3.63, 3.8) is 0 Å². The van der Waals surface area contributed by atoms with Gasteiger partial charge in [-0.2, -0.15) is 0 Å². The van der Waals surface area contributed by atoms with E-state index in [4.69, 9.17) is 27.9 Å². The molecule has 10 heteroatoms. The second kappa shape index (κ2) is 8.11. The third kappa shape index (κ3) is 4.68. The smallest absolute Gasteiger partial charge is 0.340 e. The molecule has 1 amide bonds. The summed E-state index contributed by atoms with van der Waals surface area (Å²) in [7, 11) is 0. The van der Waals surface area contributed by atoms with Gasteiger partial charge in [-0.15, -0.1) is 0 Å². The molecule has 0 aliphatic heterocycles. The van der Waals surface area contributed by atoms with Crippen LogP contribution in [0.4, 0.5) is 15.8 Å². The largest absolute Gasteiger partial charge is 0.449 e. The number of anilines is 1. The molecular weight excluding hydrogens is 390 g/mol. The highest BCUT2D eigenvalue weighted by atomic mass is 35.5. The fourth-order valence-corrected chi connectivity index (χ4v) is 2.35. The Kier molecular flexibility index (Phi) is 6.12. The zero-order valence-corrected chi connectivity index (χ0v) is 14.7. The van der Waals surface area contributed by atoms with Gasteiger partial charge in [-0.05, 0) is 31.2 Å². The van der Waals surface area contributed by atoms with Crippen LogP contribution in [0.3, 0.4) is 0 Å². The van der Waals surface area contributed by atoms with Crippen LogP contribution in [0.5, 0.6) is 0 Å². The highest BCUT2D eigenvalue weighted by Gasteiger charge is 2.22. The van der Waals surface area contributed by atoms with Gasteiger partial charge in [0.2, 0.25) is 0 Å². The van der Waals surface area contributed by atoms with Crippen LogP contribution in [0, 0.1) is 15.9 Å². The third-order valence-electron chi connectivity index (χ3n) is 3.23. The number of nitro benzene ring substituents is 1. The molecule has 0 radical (unpaired) electrons. The number of halogens is 3. The lowest BCUT2D eigenvalue weighted by atomic mass is 10.2. The SMILES string of the molecule is CC(OC(=O)c1ccc(F)cc1Cl)C(=O)Nc1ccc([N+](=O)[O-])cc1Cl. The Hall–Kier alpha value is -2.71.